The Labute approximate surface area is 196 Å². The van der Waals surface area contributed by atoms with Crippen LogP contribution in [0.25, 0.3) is 10.8 Å². The molecule has 2 amide bonds. The van der Waals surface area contributed by atoms with Gasteiger partial charge in [0.25, 0.3) is 11.5 Å². The van der Waals surface area contributed by atoms with Crippen molar-refractivity contribution in [1.29, 1.82) is 0 Å². The van der Waals surface area contributed by atoms with E-state index in [1.165, 1.54) is 18.2 Å². The zero-order valence-electron chi connectivity index (χ0n) is 19.1. The molecule has 34 heavy (non-hydrogen) atoms. The first-order valence-electron chi connectivity index (χ1n) is 11.5. The van der Waals surface area contributed by atoms with E-state index in [-0.39, 0.29) is 28.7 Å². The van der Waals surface area contributed by atoms with Gasteiger partial charge in [-0.05, 0) is 36.8 Å². The maximum atomic E-state index is 14.6. The van der Waals surface area contributed by atoms with E-state index < -0.39 is 11.7 Å². The average Bonchev–Trinajstić information content (AvgIpc) is 2.87. The summed E-state index contributed by atoms with van der Waals surface area (Å²) in [7, 11) is 0. The third kappa shape index (κ3) is 5.08. The number of unbranched alkanes of at least 4 members (excludes halogenated alkanes) is 2. The van der Waals surface area contributed by atoms with Gasteiger partial charge in [0.1, 0.15) is 11.6 Å². The molecule has 0 atom stereocenters. The highest BCUT2D eigenvalue weighted by atomic mass is 19.1. The molecule has 1 aromatic heterocycles. The summed E-state index contributed by atoms with van der Waals surface area (Å²) in [5.74, 6) is -0.646. The number of ether oxygens (including phenoxy) is 1. The Bertz CT molecular complexity index is 1250. The van der Waals surface area contributed by atoms with Crippen LogP contribution in [0.5, 0.6) is 11.6 Å². The van der Waals surface area contributed by atoms with Gasteiger partial charge in [0.2, 0.25) is 11.8 Å². The monoisotopic (exact) mass is 466 g/mol. The van der Waals surface area contributed by atoms with E-state index in [0.717, 1.165) is 19.3 Å². The predicted molar refractivity (Wildman–Crippen MR) is 125 cm³/mol. The van der Waals surface area contributed by atoms with Crippen LogP contribution in [0.15, 0.2) is 47.3 Å². The van der Waals surface area contributed by atoms with Crippen LogP contribution in [0.3, 0.4) is 0 Å². The van der Waals surface area contributed by atoms with Crippen molar-refractivity contribution in [3.8, 4) is 11.6 Å². The van der Waals surface area contributed by atoms with Crippen molar-refractivity contribution in [1.82, 2.24) is 20.0 Å². The number of piperazine rings is 1. The number of amides is 2. The van der Waals surface area contributed by atoms with E-state index in [4.69, 9.17) is 4.74 Å². The fraction of sp³-hybridized carbons (Fsp3) is 0.360. The second kappa shape index (κ2) is 10.5. The summed E-state index contributed by atoms with van der Waals surface area (Å²) in [6.45, 7) is 3.64. The maximum Gasteiger partial charge on any atom is 0.272 e. The van der Waals surface area contributed by atoms with Gasteiger partial charge in [-0.2, -0.15) is 0 Å². The fourth-order valence-corrected chi connectivity index (χ4v) is 4.02. The zero-order valence-corrected chi connectivity index (χ0v) is 19.1. The van der Waals surface area contributed by atoms with E-state index in [1.807, 2.05) is 0 Å². The first kappa shape index (κ1) is 23.4. The lowest BCUT2D eigenvalue weighted by atomic mass is 10.1. The van der Waals surface area contributed by atoms with E-state index in [9.17, 15) is 18.8 Å². The fourth-order valence-electron chi connectivity index (χ4n) is 4.02. The molecule has 0 unspecified atom stereocenters. The van der Waals surface area contributed by atoms with Crippen molar-refractivity contribution in [2.75, 3.05) is 26.2 Å². The van der Waals surface area contributed by atoms with Gasteiger partial charge in [-0.1, -0.05) is 31.9 Å². The summed E-state index contributed by atoms with van der Waals surface area (Å²) in [5, 5.41) is 7.25. The van der Waals surface area contributed by atoms with Crippen molar-refractivity contribution in [3.63, 3.8) is 0 Å². The molecule has 2 aromatic carbocycles. The third-order valence-corrected chi connectivity index (χ3v) is 5.96. The van der Waals surface area contributed by atoms with Crippen LogP contribution in [0.1, 0.15) is 43.0 Å². The maximum absolute atomic E-state index is 14.6. The van der Waals surface area contributed by atoms with Crippen LogP contribution in [-0.4, -0.2) is 58.0 Å². The van der Waals surface area contributed by atoms with Crippen molar-refractivity contribution in [2.24, 2.45) is 0 Å². The molecule has 0 saturated carbocycles. The topological polar surface area (TPSA) is 95.6 Å². The van der Waals surface area contributed by atoms with Gasteiger partial charge in [0, 0.05) is 32.6 Å². The second-order valence-electron chi connectivity index (χ2n) is 8.28. The Morgan fingerprint density at radius 1 is 1.03 bits per heavy atom. The van der Waals surface area contributed by atoms with Crippen LogP contribution >= 0.6 is 0 Å². The molecule has 3 aromatic rings. The average molecular weight is 467 g/mol. The van der Waals surface area contributed by atoms with Crippen molar-refractivity contribution in [3.05, 3.63) is 64.2 Å². The molecule has 8 nitrogen and oxygen atoms in total. The normalized spacial score (nSPS) is 13.8. The Morgan fingerprint density at radius 2 is 1.74 bits per heavy atom. The Kier molecular flexibility index (Phi) is 7.20. The van der Waals surface area contributed by atoms with Gasteiger partial charge in [0.05, 0.1) is 16.3 Å². The zero-order chi connectivity index (χ0) is 24.1. The lowest BCUT2D eigenvalue weighted by Crippen LogP contribution is -2.50. The SMILES string of the molecule is CCCCCC(=O)N1CCN(C(=O)c2cc(Oc3n[nH]c(=O)c4ccccc34)ccc2F)CC1. The quantitative estimate of drug-likeness (QED) is 0.536. The third-order valence-electron chi connectivity index (χ3n) is 5.96. The van der Waals surface area contributed by atoms with Crippen molar-refractivity contribution < 1.29 is 18.7 Å². The molecular weight excluding hydrogens is 439 g/mol. The minimum Gasteiger partial charge on any atom is -0.437 e. The number of halogens is 1. The van der Waals surface area contributed by atoms with Gasteiger partial charge in [-0.25, -0.2) is 9.49 Å². The molecule has 178 valence electrons. The number of carbonyl (C=O) groups excluding carboxylic acids is 2. The number of aromatic nitrogens is 2. The first-order chi connectivity index (χ1) is 16.5. The van der Waals surface area contributed by atoms with Crippen LogP contribution < -0.4 is 10.3 Å². The molecule has 1 fully saturated rings. The van der Waals surface area contributed by atoms with Gasteiger partial charge in [-0.3, -0.25) is 14.4 Å². The standard InChI is InChI=1S/C25H27FN4O4/c1-2-3-4-9-22(31)29-12-14-30(15-13-29)25(33)20-16-17(10-11-21(20)26)34-24-19-8-6-5-7-18(19)23(32)27-28-24/h5-8,10-11,16H,2-4,9,12-15H2,1H3,(H,27,32). The molecular formula is C25H27FN4O4. The van der Waals surface area contributed by atoms with Crippen molar-refractivity contribution in [2.45, 2.75) is 32.6 Å². The van der Waals surface area contributed by atoms with Crippen LogP contribution in [0, 0.1) is 5.82 Å². The van der Waals surface area contributed by atoms with E-state index >= 15 is 0 Å². The summed E-state index contributed by atoms with van der Waals surface area (Å²) in [6.07, 6.45) is 3.46. The Hall–Kier alpha value is -3.75. The number of rotatable bonds is 7. The van der Waals surface area contributed by atoms with Crippen LogP contribution in [-0.2, 0) is 4.79 Å². The molecule has 0 radical (unpaired) electrons. The molecule has 0 aliphatic carbocycles. The molecule has 1 aliphatic rings. The number of nitrogens with zero attached hydrogens (tertiary/aromatic N) is 3. The number of hydrogen-bond acceptors (Lipinski definition) is 5. The Morgan fingerprint density at radius 3 is 2.47 bits per heavy atom. The lowest BCUT2D eigenvalue weighted by molar-refractivity contribution is -0.132. The number of hydrogen-bond donors (Lipinski definition) is 1. The minimum absolute atomic E-state index is 0.0998. The summed E-state index contributed by atoms with van der Waals surface area (Å²) in [6, 6.07) is 10.7. The minimum atomic E-state index is -0.658. The number of aromatic amines is 1. The molecule has 1 aliphatic heterocycles. The largest absolute Gasteiger partial charge is 0.437 e. The summed E-state index contributed by atoms with van der Waals surface area (Å²) < 4.78 is 20.4. The highest BCUT2D eigenvalue weighted by molar-refractivity contribution is 5.95. The molecule has 1 saturated heterocycles. The van der Waals surface area contributed by atoms with Gasteiger partial charge < -0.3 is 14.5 Å². The molecule has 4 rings (SSSR count). The number of fused-ring (bicyclic) bond motifs is 1. The van der Waals surface area contributed by atoms with E-state index in [2.05, 4.69) is 17.1 Å². The van der Waals surface area contributed by atoms with Gasteiger partial charge in [0.15, 0.2) is 0 Å². The molecule has 1 N–H and O–H groups in total. The summed E-state index contributed by atoms with van der Waals surface area (Å²) in [4.78, 5) is 40.7. The number of H-pyrrole nitrogens is 1. The van der Waals surface area contributed by atoms with Gasteiger partial charge >= 0.3 is 0 Å². The molecule has 0 spiro atoms. The number of carbonyl (C=O) groups is 2. The van der Waals surface area contributed by atoms with Crippen LogP contribution in [0.2, 0.25) is 0 Å². The summed E-state index contributed by atoms with van der Waals surface area (Å²) >= 11 is 0. The highest BCUT2D eigenvalue weighted by Crippen LogP contribution is 2.27. The van der Waals surface area contributed by atoms with Crippen LogP contribution in [0.4, 0.5) is 4.39 Å². The highest BCUT2D eigenvalue weighted by Gasteiger charge is 2.26. The first-order valence-corrected chi connectivity index (χ1v) is 11.5. The Balaban J connectivity index is 1.46. The smallest absolute Gasteiger partial charge is 0.272 e. The number of nitrogens with one attached hydrogen (secondary N) is 1. The predicted octanol–water partition coefficient (Wildman–Crippen LogP) is 3.72. The second-order valence-corrected chi connectivity index (χ2v) is 8.28. The van der Waals surface area contributed by atoms with Gasteiger partial charge in [-0.15, -0.1) is 5.10 Å². The van der Waals surface area contributed by atoms with E-state index in [0.29, 0.717) is 43.4 Å². The molecule has 0 bridgehead atoms. The van der Waals surface area contributed by atoms with Crippen molar-refractivity contribution >= 4 is 22.6 Å². The molecule has 2 heterocycles. The summed E-state index contributed by atoms with van der Waals surface area (Å²) in [5.41, 5.74) is -0.463. The molecule has 9 heteroatoms. The lowest BCUT2D eigenvalue weighted by Gasteiger charge is -2.35. The van der Waals surface area contributed by atoms with E-state index in [1.54, 1.807) is 34.1 Å². The number of benzene rings is 2.